The average molecular weight is 217 g/mol. The van der Waals surface area contributed by atoms with Crippen molar-refractivity contribution in [2.24, 2.45) is 0 Å². The number of anilines is 2. The van der Waals surface area contributed by atoms with Gasteiger partial charge in [0.1, 0.15) is 6.07 Å². The van der Waals surface area contributed by atoms with E-state index in [1.165, 1.54) is 19.3 Å². The molecule has 1 aromatic rings. The predicted octanol–water partition coefficient (Wildman–Crippen LogP) is 3.13. The van der Waals surface area contributed by atoms with Gasteiger partial charge in [0.25, 0.3) is 0 Å². The molecule has 1 rings (SSSR count). The molecule has 0 amide bonds. The summed E-state index contributed by atoms with van der Waals surface area (Å²) in [7, 11) is 0. The molecule has 0 saturated heterocycles. The van der Waals surface area contributed by atoms with Crippen molar-refractivity contribution >= 4 is 11.4 Å². The van der Waals surface area contributed by atoms with E-state index >= 15 is 0 Å². The number of benzene rings is 1. The van der Waals surface area contributed by atoms with Gasteiger partial charge in [0, 0.05) is 12.2 Å². The van der Waals surface area contributed by atoms with Crippen molar-refractivity contribution in [3.8, 4) is 6.07 Å². The maximum atomic E-state index is 8.94. The minimum absolute atomic E-state index is 0.621. The van der Waals surface area contributed by atoms with Gasteiger partial charge in [-0.3, -0.25) is 0 Å². The van der Waals surface area contributed by atoms with Crippen LogP contribution < -0.4 is 11.1 Å². The van der Waals surface area contributed by atoms with Crippen molar-refractivity contribution in [2.75, 3.05) is 17.6 Å². The summed E-state index contributed by atoms with van der Waals surface area (Å²) < 4.78 is 0. The van der Waals surface area contributed by atoms with Gasteiger partial charge in [-0.2, -0.15) is 5.26 Å². The van der Waals surface area contributed by atoms with Crippen molar-refractivity contribution in [1.29, 1.82) is 5.26 Å². The van der Waals surface area contributed by atoms with E-state index < -0.39 is 0 Å². The lowest BCUT2D eigenvalue weighted by Gasteiger charge is -2.08. The Morgan fingerprint density at radius 1 is 1.31 bits per heavy atom. The number of nitrogens with one attached hydrogen (secondary N) is 1. The van der Waals surface area contributed by atoms with E-state index in [0.717, 1.165) is 18.7 Å². The fraction of sp³-hybridized carbons (Fsp3) is 0.462. The number of nitrogens with two attached hydrogens (primary N) is 1. The van der Waals surface area contributed by atoms with Crippen LogP contribution in [0.15, 0.2) is 18.2 Å². The number of hydrogen-bond acceptors (Lipinski definition) is 3. The van der Waals surface area contributed by atoms with Gasteiger partial charge in [-0.1, -0.05) is 26.2 Å². The van der Waals surface area contributed by atoms with Crippen LogP contribution in [0.3, 0.4) is 0 Å². The zero-order valence-electron chi connectivity index (χ0n) is 9.79. The molecular weight excluding hydrogens is 198 g/mol. The molecule has 0 aliphatic rings. The van der Waals surface area contributed by atoms with Crippen molar-refractivity contribution < 1.29 is 0 Å². The standard InChI is InChI=1S/C13H19N3/c1-2-3-4-5-8-16-13-7-6-12(15)9-11(13)10-14/h6-7,9,16H,2-5,8,15H2,1H3. The summed E-state index contributed by atoms with van der Waals surface area (Å²) in [6, 6.07) is 7.53. The normalized spacial score (nSPS) is 9.75. The second-order valence-electron chi connectivity index (χ2n) is 3.90. The van der Waals surface area contributed by atoms with E-state index in [9.17, 15) is 0 Å². The van der Waals surface area contributed by atoms with Crippen LogP contribution in [-0.2, 0) is 0 Å². The third kappa shape index (κ3) is 3.82. The Labute approximate surface area is 97.3 Å². The van der Waals surface area contributed by atoms with Crippen LogP contribution in [0.5, 0.6) is 0 Å². The Hall–Kier alpha value is -1.69. The van der Waals surface area contributed by atoms with Gasteiger partial charge in [0.2, 0.25) is 0 Å². The van der Waals surface area contributed by atoms with Crippen molar-refractivity contribution in [2.45, 2.75) is 32.6 Å². The van der Waals surface area contributed by atoms with E-state index in [0.29, 0.717) is 11.3 Å². The SMILES string of the molecule is CCCCCCNc1ccc(N)cc1C#N. The highest BCUT2D eigenvalue weighted by atomic mass is 14.9. The van der Waals surface area contributed by atoms with Crippen molar-refractivity contribution in [3.05, 3.63) is 23.8 Å². The molecule has 16 heavy (non-hydrogen) atoms. The molecule has 0 aliphatic heterocycles. The minimum Gasteiger partial charge on any atom is -0.399 e. The molecule has 3 N–H and O–H groups in total. The highest BCUT2D eigenvalue weighted by Gasteiger charge is 2.01. The maximum Gasteiger partial charge on any atom is 0.101 e. The summed E-state index contributed by atoms with van der Waals surface area (Å²) in [6.07, 6.45) is 4.89. The van der Waals surface area contributed by atoms with Gasteiger partial charge in [-0.25, -0.2) is 0 Å². The summed E-state index contributed by atoms with van der Waals surface area (Å²) in [5, 5.41) is 12.2. The first kappa shape index (κ1) is 12.4. The van der Waals surface area contributed by atoms with Crippen LogP contribution in [0.25, 0.3) is 0 Å². The number of hydrogen-bond donors (Lipinski definition) is 2. The Balaban J connectivity index is 2.45. The molecule has 0 saturated carbocycles. The Bertz CT molecular complexity index is 366. The zero-order valence-corrected chi connectivity index (χ0v) is 9.79. The monoisotopic (exact) mass is 217 g/mol. The first-order valence-electron chi connectivity index (χ1n) is 5.81. The van der Waals surface area contributed by atoms with Gasteiger partial charge in [-0.05, 0) is 24.6 Å². The fourth-order valence-corrected chi connectivity index (χ4v) is 1.58. The average Bonchev–Trinajstić information content (AvgIpc) is 2.30. The highest BCUT2D eigenvalue weighted by Crippen LogP contribution is 2.17. The smallest absolute Gasteiger partial charge is 0.101 e. The molecule has 3 heteroatoms. The molecule has 0 heterocycles. The summed E-state index contributed by atoms with van der Waals surface area (Å²) >= 11 is 0. The quantitative estimate of drug-likeness (QED) is 0.568. The maximum absolute atomic E-state index is 8.94. The van der Waals surface area contributed by atoms with Gasteiger partial charge in [0.05, 0.1) is 11.3 Å². The van der Waals surface area contributed by atoms with Gasteiger partial charge in [-0.15, -0.1) is 0 Å². The Morgan fingerprint density at radius 3 is 2.81 bits per heavy atom. The van der Waals surface area contributed by atoms with Crippen molar-refractivity contribution in [1.82, 2.24) is 0 Å². The van der Waals surface area contributed by atoms with Crippen molar-refractivity contribution in [3.63, 3.8) is 0 Å². The van der Waals surface area contributed by atoms with E-state index in [-0.39, 0.29) is 0 Å². The molecular formula is C13H19N3. The number of nitriles is 1. The summed E-state index contributed by atoms with van der Waals surface area (Å²) in [4.78, 5) is 0. The zero-order chi connectivity index (χ0) is 11.8. The lowest BCUT2D eigenvalue weighted by atomic mass is 10.1. The van der Waals surface area contributed by atoms with E-state index in [1.54, 1.807) is 6.07 Å². The van der Waals surface area contributed by atoms with Gasteiger partial charge < -0.3 is 11.1 Å². The first-order chi connectivity index (χ1) is 7.77. The Kier molecular flexibility index (Phi) is 5.21. The van der Waals surface area contributed by atoms with Crippen LogP contribution in [0.1, 0.15) is 38.2 Å². The molecule has 0 fully saturated rings. The summed E-state index contributed by atoms with van der Waals surface area (Å²) in [5.41, 5.74) is 7.75. The topological polar surface area (TPSA) is 61.8 Å². The Morgan fingerprint density at radius 2 is 2.12 bits per heavy atom. The van der Waals surface area contributed by atoms with Gasteiger partial charge in [0.15, 0.2) is 0 Å². The van der Waals surface area contributed by atoms with E-state index in [2.05, 4.69) is 18.3 Å². The molecule has 86 valence electrons. The summed E-state index contributed by atoms with van der Waals surface area (Å²) in [5.74, 6) is 0. The molecule has 0 radical (unpaired) electrons. The molecule has 0 unspecified atom stereocenters. The van der Waals surface area contributed by atoms with Crippen LogP contribution in [0.2, 0.25) is 0 Å². The molecule has 0 aromatic heterocycles. The molecule has 0 bridgehead atoms. The predicted molar refractivity (Wildman–Crippen MR) is 68.2 cm³/mol. The number of nitrogen functional groups attached to an aromatic ring is 1. The molecule has 0 atom stereocenters. The third-order valence-electron chi connectivity index (χ3n) is 2.51. The third-order valence-corrected chi connectivity index (χ3v) is 2.51. The van der Waals surface area contributed by atoms with Crippen LogP contribution >= 0.6 is 0 Å². The fourth-order valence-electron chi connectivity index (χ4n) is 1.58. The molecule has 0 aliphatic carbocycles. The first-order valence-corrected chi connectivity index (χ1v) is 5.81. The number of unbranched alkanes of at least 4 members (excludes halogenated alkanes) is 3. The highest BCUT2D eigenvalue weighted by molar-refractivity contribution is 5.62. The largest absolute Gasteiger partial charge is 0.399 e. The summed E-state index contributed by atoms with van der Waals surface area (Å²) in [6.45, 7) is 3.11. The molecule has 0 spiro atoms. The molecule has 3 nitrogen and oxygen atoms in total. The van der Waals surface area contributed by atoms with E-state index in [4.69, 9.17) is 11.0 Å². The lowest BCUT2D eigenvalue weighted by Crippen LogP contribution is -2.03. The number of nitrogens with zero attached hydrogens (tertiary/aromatic N) is 1. The van der Waals surface area contributed by atoms with Crippen LogP contribution in [-0.4, -0.2) is 6.54 Å². The lowest BCUT2D eigenvalue weighted by molar-refractivity contribution is 0.685. The minimum atomic E-state index is 0.621. The van der Waals surface area contributed by atoms with Crippen LogP contribution in [0, 0.1) is 11.3 Å². The second kappa shape index (κ2) is 6.73. The second-order valence-corrected chi connectivity index (χ2v) is 3.90. The molecule has 1 aromatic carbocycles. The van der Waals surface area contributed by atoms with E-state index in [1.807, 2.05) is 12.1 Å². The van der Waals surface area contributed by atoms with Gasteiger partial charge >= 0.3 is 0 Å². The van der Waals surface area contributed by atoms with Crippen LogP contribution in [0.4, 0.5) is 11.4 Å². The number of rotatable bonds is 6.